The lowest BCUT2D eigenvalue weighted by molar-refractivity contribution is 1.36. The van der Waals surface area contributed by atoms with E-state index in [9.17, 15) is 0 Å². The van der Waals surface area contributed by atoms with Crippen LogP contribution in [0.3, 0.4) is 0 Å². The number of anilines is 1. The number of para-hydroxylation sites is 1. The maximum absolute atomic E-state index is 4.95. The summed E-state index contributed by atoms with van der Waals surface area (Å²) in [5.74, 6) is 2.28. The van der Waals surface area contributed by atoms with E-state index in [1.165, 1.54) is 6.21 Å². The van der Waals surface area contributed by atoms with Gasteiger partial charge in [-0.15, -0.1) is 6.42 Å². The Kier molecular flexibility index (Phi) is 2.76. The first-order valence-electron chi connectivity index (χ1n) is 3.22. The normalized spacial score (nSPS) is 9.36. The smallest absolute Gasteiger partial charge is 0.0967 e. The molecule has 0 atom stereocenters. The van der Waals surface area contributed by atoms with Crippen LogP contribution in [0.2, 0.25) is 0 Å². The zero-order valence-electron chi connectivity index (χ0n) is 5.99. The predicted octanol–water partition coefficient (Wildman–Crippen LogP) is 1.72. The molecule has 0 saturated carbocycles. The lowest BCUT2D eigenvalue weighted by Gasteiger charge is -1.95. The van der Waals surface area contributed by atoms with Crippen LogP contribution in [0.4, 0.5) is 5.69 Å². The molecule has 54 valence electrons. The molecule has 1 aromatic carbocycles. The van der Waals surface area contributed by atoms with Crippen molar-refractivity contribution in [2.24, 2.45) is 5.10 Å². The number of hydrogen-bond acceptors (Lipinski definition) is 2. The minimum absolute atomic E-state index is 0.930. The van der Waals surface area contributed by atoms with Crippen LogP contribution < -0.4 is 5.43 Å². The number of hydrogen-bond donors (Lipinski definition) is 1. The van der Waals surface area contributed by atoms with Gasteiger partial charge in [0.1, 0.15) is 0 Å². The van der Waals surface area contributed by atoms with Gasteiger partial charge in [-0.25, -0.2) is 0 Å². The van der Waals surface area contributed by atoms with Crippen molar-refractivity contribution >= 4 is 11.9 Å². The molecule has 0 amide bonds. The number of nitrogens with zero attached hydrogens (tertiary/aromatic N) is 1. The second-order valence-corrected chi connectivity index (χ2v) is 1.90. The Balaban J connectivity index is 2.53. The van der Waals surface area contributed by atoms with E-state index in [-0.39, 0.29) is 0 Å². The van der Waals surface area contributed by atoms with Crippen molar-refractivity contribution in [3.63, 3.8) is 0 Å². The molecule has 0 spiro atoms. The molecule has 0 heterocycles. The van der Waals surface area contributed by atoms with Gasteiger partial charge in [-0.3, -0.25) is 5.43 Å². The highest BCUT2D eigenvalue weighted by atomic mass is 15.3. The average Bonchev–Trinajstić information content (AvgIpc) is 2.07. The van der Waals surface area contributed by atoms with Crippen molar-refractivity contribution in [2.45, 2.75) is 0 Å². The van der Waals surface area contributed by atoms with Crippen LogP contribution in [0.25, 0.3) is 0 Å². The Hall–Kier alpha value is -1.75. The fourth-order valence-electron chi connectivity index (χ4n) is 0.657. The molecule has 11 heavy (non-hydrogen) atoms. The first kappa shape index (κ1) is 7.36. The van der Waals surface area contributed by atoms with Crippen LogP contribution in [0.5, 0.6) is 0 Å². The summed E-state index contributed by atoms with van der Waals surface area (Å²) >= 11 is 0. The van der Waals surface area contributed by atoms with Crippen molar-refractivity contribution in [3.05, 3.63) is 30.3 Å². The van der Waals surface area contributed by atoms with Crippen LogP contribution in [-0.2, 0) is 0 Å². The summed E-state index contributed by atoms with van der Waals surface area (Å²) in [5.41, 5.74) is 3.70. The molecule has 1 N–H and O–H groups in total. The van der Waals surface area contributed by atoms with Gasteiger partial charge in [0.05, 0.1) is 11.9 Å². The molecule has 0 fully saturated rings. The monoisotopic (exact) mass is 144 g/mol. The first-order valence-corrected chi connectivity index (χ1v) is 3.22. The van der Waals surface area contributed by atoms with Gasteiger partial charge in [-0.2, -0.15) is 5.10 Å². The molecule has 0 radical (unpaired) electrons. The van der Waals surface area contributed by atoms with Crippen LogP contribution in [0, 0.1) is 12.3 Å². The largest absolute Gasteiger partial charge is 0.278 e. The molecule has 1 aromatic rings. The highest BCUT2D eigenvalue weighted by molar-refractivity contribution is 5.77. The molecular formula is C9H8N2. The molecule has 0 aliphatic heterocycles. The fraction of sp³-hybridized carbons (Fsp3) is 0. The summed E-state index contributed by atoms with van der Waals surface area (Å²) < 4.78 is 0. The second kappa shape index (κ2) is 4.13. The topological polar surface area (TPSA) is 24.4 Å². The van der Waals surface area contributed by atoms with Crippen molar-refractivity contribution < 1.29 is 0 Å². The molecule has 0 unspecified atom stereocenters. The van der Waals surface area contributed by atoms with E-state index < -0.39 is 0 Å². The van der Waals surface area contributed by atoms with Gasteiger partial charge < -0.3 is 0 Å². The lowest BCUT2D eigenvalue weighted by Crippen LogP contribution is -1.86. The standard InChI is InChI=1S/C9H8N2/c1-2-8-10-11-9-6-4-3-5-7-9/h1,3-8,11H/b10-8+. The highest BCUT2D eigenvalue weighted by Crippen LogP contribution is 2.03. The number of nitrogens with one attached hydrogen (secondary N) is 1. The van der Waals surface area contributed by atoms with E-state index >= 15 is 0 Å². The summed E-state index contributed by atoms with van der Waals surface area (Å²) in [5, 5.41) is 3.75. The van der Waals surface area contributed by atoms with Crippen LogP contribution in [0.15, 0.2) is 35.4 Å². The molecule has 0 saturated heterocycles. The Labute approximate surface area is 65.9 Å². The first-order chi connectivity index (χ1) is 5.43. The van der Waals surface area contributed by atoms with Gasteiger partial charge in [0.2, 0.25) is 0 Å². The van der Waals surface area contributed by atoms with Crippen LogP contribution in [-0.4, -0.2) is 6.21 Å². The summed E-state index contributed by atoms with van der Waals surface area (Å²) in [6.45, 7) is 0. The maximum Gasteiger partial charge on any atom is 0.0967 e. The van der Waals surface area contributed by atoms with Gasteiger partial charge in [0, 0.05) is 0 Å². The third kappa shape index (κ3) is 2.55. The Morgan fingerprint density at radius 3 is 2.73 bits per heavy atom. The van der Waals surface area contributed by atoms with Gasteiger partial charge in [0.15, 0.2) is 0 Å². The Morgan fingerprint density at radius 2 is 2.09 bits per heavy atom. The minimum Gasteiger partial charge on any atom is -0.278 e. The zero-order valence-corrected chi connectivity index (χ0v) is 5.99. The predicted molar refractivity (Wildman–Crippen MR) is 47.4 cm³/mol. The minimum atomic E-state index is 0.930. The lowest BCUT2D eigenvalue weighted by atomic mass is 10.3. The SMILES string of the molecule is C#C/C=N/Nc1ccccc1. The molecule has 0 aliphatic rings. The van der Waals surface area contributed by atoms with E-state index in [2.05, 4.69) is 16.4 Å². The third-order valence-corrected chi connectivity index (χ3v) is 1.11. The molecule has 1 rings (SSSR count). The average molecular weight is 144 g/mol. The number of hydrazone groups is 1. The van der Waals surface area contributed by atoms with E-state index in [0.29, 0.717) is 0 Å². The highest BCUT2D eigenvalue weighted by Gasteiger charge is 1.81. The number of benzene rings is 1. The molecule has 0 aromatic heterocycles. The summed E-state index contributed by atoms with van der Waals surface area (Å²) in [7, 11) is 0. The van der Waals surface area contributed by atoms with E-state index in [4.69, 9.17) is 6.42 Å². The van der Waals surface area contributed by atoms with E-state index in [1.807, 2.05) is 30.3 Å². The van der Waals surface area contributed by atoms with Crippen molar-refractivity contribution in [1.29, 1.82) is 0 Å². The summed E-state index contributed by atoms with van der Waals surface area (Å²) in [6, 6.07) is 9.61. The third-order valence-electron chi connectivity index (χ3n) is 1.11. The van der Waals surface area contributed by atoms with Crippen LogP contribution >= 0.6 is 0 Å². The maximum atomic E-state index is 4.95. The van der Waals surface area contributed by atoms with Crippen molar-refractivity contribution in [2.75, 3.05) is 5.43 Å². The fourth-order valence-corrected chi connectivity index (χ4v) is 0.657. The van der Waals surface area contributed by atoms with Crippen molar-refractivity contribution in [3.8, 4) is 12.3 Å². The van der Waals surface area contributed by atoms with Gasteiger partial charge in [0.25, 0.3) is 0 Å². The molecule has 2 heteroatoms. The molecule has 2 nitrogen and oxygen atoms in total. The Bertz CT molecular complexity index is 269. The summed E-state index contributed by atoms with van der Waals surface area (Å²) in [6.07, 6.45) is 6.32. The Morgan fingerprint density at radius 1 is 1.36 bits per heavy atom. The number of terminal acetylenes is 1. The van der Waals surface area contributed by atoms with Gasteiger partial charge in [-0.05, 0) is 12.1 Å². The van der Waals surface area contributed by atoms with Crippen LogP contribution in [0.1, 0.15) is 0 Å². The molecule has 0 bridgehead atoms. The number of rotatable bonds is 2. The van der Waals surface area contributed by atoms with Crippen molar-refractivity contribution in [1.82, 2.24) is 0 Å². The summed E-state index contributed by atoms with van der Waals surface area (Å²) in [4.78, 5) is 0. The van der Waals surface area contributed by atoms with Gasteiger partial charge in [-0.1, -0.05) is 24.1 Å². The van der Waals surface area contributed by atoms with E-state index in [1.54, 1.807) is 0 Å². The zero-order chi connectivity index (χ0) is 7.94. The van der Waals surface area contributed by atoms with E-state index in [0.717, 1.165) is 5.69 Å². The molecular weight excluding hydrogens is 136 g/mol. The second-order valence-electron chi connectivity index (χ2n) is 1.90. The van der Waals surface area contributed by atoms with Gasteiger partial charge >= 0.3 is 0 Å². The quantitative estimate of drug-likeness (QED) is 0.381. The molecule has 0 aliphatic carbocycles.